The number of methoxy groups -OCH3 is 1. The lowest BCUT2D eigenvalue weighted by atomic mass is 10.1. The molecule has 0 unspecified atom stereocenters. The van der Waals surface area contributed by atoms with Crippen molar-refractivity contribution in [1.82, 2.24) is 9.88 Å². The Morgan fingerprint density at radius 3 is 2.76 bits per heavy atom. The van der Waals surface area contributed by atoms with Crippen LogP contribution in [0.5, 0.6) is 5.75 Å². The molecule has 152 valence electrons. The molecule has 0 bridgehead atoms. The van der Waals surface area contributed by atoms with Gasteiger partial charge in [-0.05, 0) is 42.8 Å². The fourth-order valence-corrected chi connectivity index (χ4v) is 3.13. The van der Waals surface area contributed by atoms with Crippen molar-refractivity contribution in [1.29, 1.82) is 0 Å². The molecule has 2 amide bonds. The minimum atomic E-state index is -0.406. The molecule has 0 fully saturated rings. The summed E-state index contributed by atoms with van der Waals surface area (Å²) in [4.78, 5) is 29.6. The van der Waals surface area contributed by atoms with Gasteiger partial charge < -0.3 is 25.0 Å². The highest BCUT2D eigenvalue weighted by atomic mass is 35.5. The molecule has 0 saturated carbocycles. The van der Waals surface area contributed by atoms with E-state index in [-0.39, 0.29) is 25.3 Å². The number of hydrogen-bond acceptors (Lipinski definition) is 4. The van der Waals surface area contributed by atoms with Gasteiger partial charge in [0.15, 0.2) is 0 Å². The van der Waals surface area contributed by atoms with Crippen LogP contribution in [0, 0.1) is 0 Å². The number of nitrogens with zero attached hydrogens (tertiary/aromatic N) is 1. The first-order chi connectivity index (χ1) is 14.0. The van der Waals surface area contributed by atoms with Crippen LogP contribution in [0.4, 0.5) is 10.5 Å². The number of pyridine rings is 1. The molecule has 0 aliphatic carbocycles. The Morgan fingerprint density at radius 2 is 2.03 bits per heavy atom. The van der Waals surface area contributed by atoms with Crippen molar-refractivity contribution in [3.05, 3.63) is 69.5 Å². The summed E-state index contributed by atoms with van der Waals surface area (Å²) in [6, 6.07) is 13.6. The van der Waals surface area contributed by atoms with Crippen LogP contribution in [0.15, 0.2) is 53.3 Å². The van der Waals surface area contributed by atoms with Gasteiger partial charge in [0.1, 0.15) is 5.75 Å². The number of para-hydroxylation sites is 1. The van der Waals surface area contributed by atoms with Gasteiger partial charge >= 0.3 is 6.03 Å². The number of rotatable bonds is 7. The van der Waals surface area contributed by atoms with E-state index < -0.39 is 6.03 Å². The van der Waals surface area contributed by atoms with E-state index in [0.717, 1.165) is 5.39 Å². The summed E-state index contributed by atoms with van der Waals surface area (Å²) in [7, 11) is 1.57. The number of carbonyl (C=O) groups is 1. The smallest absolute Gasteiger partial charge is 0.322 e. The van der Waals surface area contributed by atoms with Crippen molar-refractivity contribution in [2.75, 3.05) is 25.6 Å². The van der Waals surface area contributed by atoms with Crippen molar-refractivity contribution < 1.29 is 14.6 Å². The Bertz CT molecular complexity index is 1070. The van der Waals surface area contributed by atoms with E-state index in [0.29, 0.717) is 34.0 Å². The van der Waals surface area contributed by atoms with Gasteiger partial charge in [-0.15, -0.1) is 0 Å². The fourth-order valence-electron chi connectivity index (χ4n) is 2.95. The number of aromatic nitrogens is 1. The maximum absolute atomic E-state index is 12.8. The number of aliphatic hydroxyl groups is 1. The van der Waals surface area contributed by atoms with Gasteiger partial charge in [0.25, 0.3) is 5.56 Å². The van der Waals surface area contributed by atoms with E-state index in [1.807, 2.05) is 6.07 Å². The standard InChI is InChI=1S/C21H22ClN3O4/c1-29-16-7-8-18-14(12-16)11-15(20(27)23-18)13-25(9-4-10-26)21(28)24-19-6-3-2-5-17(19)22/h2-3,5-8,11-12,26H,4,9-10,13H2,1H3,(H,23,27)(H,24,28). The van der Waals surface area contributed by atoms with Crippen LogP contribution in [0.1, 0.15) is 12.0 Å². The van der Waals surface area contributed by atoms with Crippen LogP contribution < -0.4 is 15.6 Å². The number of anilines is 1. The van der Waals surface area contributed by atoms with Gasteiger partial charge in [0, 0.05) is 29.6 Å². The van der Waals surface area contributed by atoms with Gasteiger partial charge in [-0.2, -0.15) is 0 Å². The second-order valence-electron chi connectivity index (χ2n) is 6.49. The van der Waals surface area contributed by atoms with Crippen LogP contribution >= 0.6 is 11.6 Å². The highest BCUT2D eigenvalue weighted by Crippen LogP contribution is 2.22. The number of ether oxygens (including phenoxy) is 1. The highest BCUT2D eigenvalue weighted by Gasteiger charge is 2.17. The number of aromatic amines is 1. The lowest BCUT2D eigenvalue weighted by Gasteiger charge is -2.23. The molecule has 0 atom stereocenters. The Morgan fingerprint density at radius 1 is 1.24 bits per heavy atom. The number of hydrogen-bond donors (Lipinski definition) is 3. The minimum absolute atomic E-state index is 0.0683. The Kier molecular flexibility index (Phi) is 6.74. The van der Waals surface area contributed by atoms with Crippen LogP contribution in [-0.4, -0.2) is 41.3 Å². The molecule has 7 nitrogen and oxygen atoms in total. The number of urea groups is 1. The molecule has 3 aromatic rings. The van der Waals surface area contributed by atoms with E-state index in [4.69, 9.17) is 16.3 Å². The van der Waals surface area contributed by atoms with Gasteiger partial charge in [-0.3, -0.25) is 4.79 Å². The summed E-state index contributed by atoms with van der Waals surface area (Å²) in [5.41, 5.74) is 1.31. The van der Waals surface area contributed by atoms with E-state index in [9.17, 15) is 14.7 Å². The van der Waals surface area contributed by atoms with E-state index >= 15 is 0 Å². The van der Waals surface area contributed by atoms with Gasteiger partial charge in [0.2, 0.25) is 0 Å². The highest BCUT2D eigenvalue weighted by molar-refractivity contribution is 6.33. The number of H-pyrrole nitrogens is 1. The zero-order valence-electron chi connectivity index (χ0n) is 15.9. The van der Waals surface area contributed by atoms with Crippen LogP contribution in [0.25, 0.3) is 10.9 Å². The van der Waals surface area contributed by atoms with Gasteiger partial charge in [-0.1, -0.05) is 23.7 Å². The number of aliphatic hydroxyl groups excluding tert-OH is 1. The summed E-state index contributed by atoms with van der Waals surface area (Å²) in [6.07, 6.45) is 0.384. The van der Waals surface area contributed by atoms with Gasteiger partial charge in [0.05, 0.1) is 24.4 Å². The third-order valence-corrected chi connectivity index (χ3v) is 4.81. The fraction of sp³-hybridized carbons (Fsp3) is 0.238. The number of nitrogens with one attached hydrogen (secondary N) is 2. The molecular weight excluding hydrogens is 394 g/mol. The molecule has 0 saturated heterocycles. The van der Waals surface area contributed by atoms with E-state index in [1.54, 1.807) is 49.6 Å². The second kappa shape index (κ2) is 9.45. The molecule has 29 heavy (non-hydrogen) atoms. The maximum atomic E-state index is 12.8. The predicted octanol–water partition coefficient (Wildman–Crippen LogP) is 3.61. The van der Waals surface area contributed by atoms with E-state index in [2.05, 4.69) is 10.3 Å². The summed E-state index contributed by atoms with van der Waals surface area (Å²) < 4.78 is 5.24. The molecular formula is C21H22ClN3O4. The molecule has 0 aliphatic heterocycles. The van der Waals surface area contributed by atoms with E-state index in [1.165, 1.54) is 4.90 Å². The summed E-state index contributed by atoms with van der Waals surface area (Å²) in [6.45, 7) is 0.294. The third-order valence-electron chi connectivity index (χ3n) is 4.48. The first kappa shape index (κ1) is 20.7. The first-order valence-corrected chi connectivity index (χ1v) is 9.51. The lowest BCUT2D eigenvalue weighted by molar-refractivity contribution is 0.199. The zero-order chi connectivity index (χ0) is 20.8. The first-order valence-electron chi connectivity index (χ1n) is 9.13. The lowest BCUT2D eigenvalue weighted by Crippen LogP contribution is -2.37. The molecule has 2 aromatic carbocycles. The number of fused-ring (bicyclic) bond motifs is 1. The normalized spacial score (nSPS) is 10.7. The van der Waals surface area contributed by atoms with Crippen LogP contribution in [0.3, 0.4) is 0 Å². The van der Waals surface area contributed by atoms with Crippen molar-refractivity contribution in [3.63, 3.8) is 0 Å². The van der Waals surface area contributed by atoms with Crippen molar-refractivity contribution in [2.45, 2.75) is 13.0 Å². The molecule has 0 aliphatic rings. The van der Waals surface area contributed by atoms with Crippen molar-refractivity contribution in [3.8, 4) is 5.75 Å². The van der Waals surface area contributed by atoms with Crippen LogP contribution in [0.2, 0.25) is 5.02 Å². The molecule has 0 spiro atoms. The zero-order valence-corrected chi connectivity index (χ0v) is 16.7. The largest absolute Gasteiger partial charge is 0.497 e. The second-order valence-corrected chi connectivity index (χ2v) is 6.89. The minimum Gasteiger partial charge on any atom is -0.497 e. The molecule has 0 radical (unpaired) electrons. The monoisotopic (exact) mass is 415 g/mol. The molecule has 3 rings (SSSR count). The Labute approximate surface area is 172 Å². The SMILES string of the molecule is COc1ccc2[nH]c(=O)c(CN(CCCO)C(=O)Nc3ccccc3Cl)cc2c1. The summed E-state index contributed by atoms with van der Waals surface area (Å²) >= 11 is 6.12. The van der Waals surface area contributed by atoms with Crippen molar-refractivity contribution >= 4 is 34.2 Å². The van der Waals surface area contributed by atoms with Crippen LogP contribution in [-0.2, 0) is 6.54 Å². The maximum Gasteiger partial charge on any atom is 0.322 e. The predicted molar refractivity (Wildman–Crippen MR) is 114 cm³/mol. The molecule has 8 heteroatoms. The topological polar surface area (TPSA) is 94.7 Å². The Balaban J connectivity index is 1.87. The summed E-state index contributed by atoms with van der Waals surface area (Å²) in [5.74, 6) is 0.670. The quantitative estimate of drug-likeness (QED) is 0.549. The average Bonchev–Trinajstić information content (AvgIpc) is 2.72. The van der Waals surface area contributed by atoms with Crippen molar-refractivity contribution in [2.24, 2.45) is 0 Å². The average molecular weight is 416 g/mol. The molecule has 1 heterocycles. The number of benzene rings is 2. The molecule has 3 N–H and O–H groups in total. The number of amides is 2. The molecule has 1 aromatic heterocycles. The summed E-state index contributed by atoms with van der Waals surface area (Å²) in [5, 5.41) is 13.2. The number of halogens is 1. The third kappa shape index (κ3) is 5.07. The number of carbonyl (C=O) groups excluding carboxylic acids is 1. The Hall–Kier alpha value is -3.03. The van der Waals surface area contributed by atoms with Gasteiger partial charge in [-0.25, -0.2) is 4.79 Å².